The molecule has 2 aromatic rings. The van der Waals surface area contributed by atoms with E-state index in [1.165, 1.54) is 12.1 Å². The average molecular weight is 390 g/mol. The van der Waals surface area contributed by atoms with Crippen molar-refractivity contribution in [3.63, 3.8) is 0 Å². The Labute approximate surface area is 160 Å². The van der Waals surface area contributed by atoms with Gasteiger partial charge in [0.2, 0.25) is 5.91 Å². The van der Waals surface area contributed by atoms with Gasteiger partial charge in [0.25, 0.3) is 5.91 Å². The van der Waals surface area contributed by atoms with Crippen LogP contribution in [-0.4, -0.2) is 29.3 Å². The maximum absolute atomic E-state index is 13.2. The number of halogens is 2. The first-order valence-electron chi connectivity index (χ1n) is 8.32. The minimum absolute atomic E-state index is 0.142. The minimum atomic E-state index is -1.20. The average Bonchev–Trinajstić information content (AvgIpc) is 2.90. The molecule has 1 aliphatic rings. The Morgan fingerprint density at radius 3 is 2.56 bits per heavy atom. The van der Waals surface area contributed by atoms with E-state index < -0.39 is 35.7 Å². The van der Waals surface area contributed by atoms with Gasteiger partial charge in [-0.1, -0.05) is 48.9 Å². The van der Waals surface area contributed by atoms with Crippen LogP contribution in [0.1, 0.15) is 18.9 Å². The van der Waals surface area contributed by atoms with Gasteiger partial charge in [-0.2, -0.15) is 0 Å². The number of amides is 4. The summed E-state index contributed by atoms with van der Waals surface area (Å²) in [6, 6.07) is 11.9. The van der Waals surface area contributed by atoms with E-state index in [1.807, 2.05) is 6.07 Å². The van der Waals surface area contributed by atoms with Crippen LogP contribution in [-0.2, 0) is 15.1 Å². The standard InChI is InChI=1S/C19H17ClFN3O3/c1-2-19(12-6-4-3-5-7-12)17(26)24(18(27)23-19)11-16(25)22-13-8-9-15(21)14(20)10-13/h3-10H,2,11H2,1H3,(H,22,25)(H,23,27). The molecule has 1 saturated heterocycles. The van der Waals surface area contributed by atoms with Crippen molar-refractivity contribution in [2.75, 3.05) is 11.9 Å². The topological polar surface area (TPSA) is 78.5 Å². The van der Waals surface area contributed by atoms with Crippen LogP contribution < -0.4 is 10.6 Å². The first kappa shape index (κ1) is 18.8. The Kier molecular flexibility index (Phi) is 5.14. The van der Waals surface area contributed by atoms with Gasteiger partial charge >= 0.3 is 6.03 Å². The fourth-order valence-electron chi connectivity index (χ4n) is 3.05. The summed E-state index contributed by atoms with van der Waals surface area (Å²) in [5.74, 6) is -1.70. The zero-order valence-corrected chi connectivity index (χ0v) is 15.2. The monoisotopic (exact) mass is 389 g/mol. The van der Waals surface area contributed by atoms with Crippen LogP contribution in [0.2, 0.25) is 5.02 Å². The van der Waals surface area contributed by atoms with E-state index >= 15 is 0 Å². The fraction of sp³-hybridized carbons (Fsp3) is 0.211. The third-order valence-electron chi connectivity index (χ3n) is 4.48. The number of imide groups is 1. The molecular formula is C19H17ClFN3O3. The number of carbonyl (C=O) groups excluding carboxylic acids is 3. The Balaban J connectivity index is 1.77. The normalized spacial score (nSPS) is 19.1. The molecule has 0 aliphatic carbocycles. The van der Waals surface area contributed by atoms with Crippen molar-refractivity contribution >= 4 is 35.1 Å². The summed E-state index contributed by atoms with van der Waals surface area (Å²) in [6.07, 6.45) is 0.341. The second-order valence-electron chi connectivity index (χ2n) is 6.12. The van der Waals surface area contributed by atoms with Gasteiger partial charge in [0.15, 0.2) is 0 Å². The van der Waals surface area contributed by atoms with Crippen molar-refractivity contribution in [1.29, 1.82) is 0 Å². The van der Waals surface area contributed by atoms with Crippen molar-refractivity contribution < 1.29 is 18.8 Å². The predicted molar refractivity (Wildman–Crippen MR) is 98.7 cm³/mol. The van der Waals surface area contributed by atoms with Crippen LogP contribution in [0.5, 0.6) is 0 Å². The zero-order chi connectivity index (χ0) is 19.6. The van der Waals surface area contributed by atoms with Crippen LogP contribution in [0, 0.1) is 5.82 Å². The number of benzene rings is 2. The number of urea groups is 1. The van der Waals surface area contributed by atoms with Gasteiger partial charge in [0, 0.05) is 5.69 Å². The fourth-order valence-corrected chi connectivity index (χ4v) is 3.23. The Morgan fingerprint density at radius 1 is 1.22 bits per heavy atom. The van der Waals surface area contributed by atoms with Crippen molar-refractivity contribution in [3.8, 4) is 0 Å². The van der Waals surface area contributed by atoms with Gasteiger partial charge in [0.1, 0.15) is 17.9 Å². The summed E-state index contributed by atoms with van der Waals surface area (Å²) in [5, 5.41) is 5.06. The van der Waals surface area contributed by atoms with Crippen molar-refractivity contribution in [1.82, 2.24) is 10.2 Å². The van der Waals surface area contributed by atoms with Crippen LogP contribution in [0.3, 0.4) is 0 Å². The van der Waals surface area contributed by atoms with Crippen LogP contribution in [0.15, 0.2) is 48.5 Å². The van der Waals surface area contributed by atoms with E-state index in [1.54, 1.807) is 31.2 Å². The quantitative estimate of drug-likeness (QED) is 0.770. The van der Waals surface area contributed by atoms with E-state index in [4.69, 9.17) is 11.6 Å². The molecule has 2 aromatic carbocycles. The van der Waals surface area contributed by atoms with Gasteiger partial charge < -0.3 is 10.6 Å². The Morgan fingerprint density at radius 2 is 1.93 bits per heavy atom. The summed E-state index contributed by atoms with van der Waals surface area (Å²) >= 11 is 5.68. The maximum atomic E-state index is 13.2. The number of anilines is 1. The minimum Gasteiger partial charge on any atom is -0.324 e. The van der Waals surface area contributed by atoms with Gasteiger partial charge in [-0.15, -0.1) is 0 Å². The lowest BCUT2D eigenvalue weighted by atomic mass is 9.87. The van der Waals surface area contributed by atoms with E-state index in [0.717, 1.165) is 11.0 Å². The second kappa shape index (κ2) is 7.36. The summed E-state index contributed by atoms with van der Waals surface area (Å²) in [6.45, 7) is 1.32. The zero-order valence-electron chi connectivity index (χ0n) is 14.5. The van der Waals surface area contributed by atoms with Crippen molar-refractivity contribution in [2.45, 2.75) is 18.9 Å². The Bertz CT molecular complexity index is 906. The maximum Gasteiger partial charge on any atom is 0.325 e. The second-order valence-corrected chi connectivity index (χ2v) is 6.53. The first-order valence-corrected chi connectivity index (χ1v) is 8.69. The number of hydrogen-bond acceptors (Lipinski definition) is 3. The highest BCUT2D eigenvalue weighted by Gasteiger charge is 2.51. The summed E-state index contributed by atoms with van der Waals surface area (Å²) < 4.78 is 13.2. The SMILES string of the molecule is CCC1(c2ccccc2)NC(=O)N(CC(=O)Nc2ccc(F)c(Cl)c2)C1=O. The van der Waals surface area contributed by atoms with E-state index in [-0.39, 0.29) is 10.7 Å². The number of nitrogens with one attached hydrogen (secondary N) is 2. The molecule has 1 fully saturated rings. The molecule has 0 saturated carbocycles. The molecule has 3 rings (SSSR count). The van der Waals surface area contributed by atoms with Gasteiger partial charge in [-0.3, -0.25) is 14.5 Å². The molecule has 1 atom stereocenters. The predicted octanol–water partition coefficient (Wildman–Crippen LogP) is 3.27. The molecule has 2 N–H and O–H groups in total. The van der Waals surface area contributed by atoms with Gasteiger partial charge in [-0.05, 0) is 30.2 Å². The lowest BCUT2D eigenvalue weighted by Crippen LogP contribution is -2.44. The van der Waals surface area contributed by atoms with Crippen LogP contribution >= 0.6 is 11.6 Å². The van der Waals surface area contributed by atoms with Crippen LogP contribution in [0.4, 0.5) is 14.9 Å². The Hall–Kier alpha value is -2.93. The highest BCUT2D eigenvalue weighted by Crippen LogP contribution is 2.32. The van der Waals surface area contributed by atoms with Gasteiger partial charge in [0.05, 0.1) is 5.02 Å². The van der Waals surface area contributed by atoms with Crippen molar-refractivity contribution in [2.24, 2.45) is 0 Å². The molecule has 1 unspecified atom stereocenters. The van der Waals surface area contributed by atoms with E-state index in [2.05, 4.69) is 10.6 Å². The molecule has 27 heavy (non-hydrogen) atoms. The number of carbonyl (C=O) groups is 3. The van der Waals surface area contributed by atoms with Crippen LogP contribution in [0.25, 0.3) is 0 Å². The smallest absolute Gasteiger partial charge is 0.324 e. The van der Waals surface area contributed by atoms with Crippen molar-refractivity contribution in [3.05, 3.63) is 64.9 Å². The molecule has 8 heteroatoms. The lowest BCUT2D eigenvalue weighted by molar-refractivity contribution is -0.134. The molecule has 1 heterocycles. The molecule has 140 valence electrons. The lowest BCUT2D eigenvalue weighted by Gasteiger charge is -2.25. The molecule has 4 amide bonds. The van der Waals surface area contributed by atoms with E-state index in [9.17, 15) is 18.8 Å². The number of nitrogens with zero attached hydrogens (tertiary/aromatic N) is 1. The third-order valence-corrected chi connectivity index (χ3v) is 4.77. The molecule has 1 aliphatic heterocycles. The molecule has 0 spiro atoms. The summed E-state index contributed by atoms with van der Waals surface area (Å²) in [4.78, 5) is 38.5. The highest BCUT2D eigenvalue weighted by molar-refractivity contribution is 6.31. The number of rotatable bonds is 5. The van der Waals surface area contributed by atoms with E-state index in [0.29, 0.717) is 12.0 Å². The molecule has 0 radical (unpaired) electrons. The molecule has 0 bridgehead atoms. The largest absolute Gasteiger partial charge is 0.325 e. The van der Waals surface area contributed by atoms with Gasteiger partial charge in [-0.25, -0.2) is 9.18 Å². The third kappa shape index (κ3) is 3.50. The summed E-state index contributed by atoms with van der Waals surface area (Å²) in [5.41, 5.74) is -0.278. The molecule has 0 aromatic heterocycles. The molecule has 6 nitrogen and oxygen atoms in total. The summed E-state index contributed by atoms with van der Waals surface area (Å²) in [7, 11) is 0. The first-order chi connectivity index (χ1) is 12.9. The molecular weight excluding hydrogens is 373 g/mol. The number of hydrogen-bond donors (Lipinski definition) is 2. The highest BCUT2D eigenvalue weighted by atomic mass is 35.5.